The van der Waals surface area contributed by atoms with E-state index in [1.54, 1.807) is 19.9 Å². The van der Waals surface area contributed by atoms with Gasteiger partial charge in [0.1, 0.15) is 11.4 Å². The molecule has 0 aliphatic heterocycles. The van der Waals surface area contributed by atoms with E-state index < -0.39 is 4.92 Å². The van der Waals surface area contributed by atoms with Crippen LogP contribution >= 0.6 is 12.2 Å². The van der Waals surface area contributed by atoms with Crippen LogP contribution in [-0.2, 0) is 4.79 Å². The number of ether oxygens (including phenoxy) is 1. The molecule has 0 saturated heterocycles. The molecule has 1 aromatic carbocycles. The number of nitro groups is 1. The van der Waals surface area contributed by atoms with Crippen LogP contribution in [0.5, 0.6) is 5.75 Å². The van der Waals surface area contributed by atoms with Crippen molar-refractivity contribution >= 4 is 34.6 Å². The molecule has 20 heavy (non-hydrogen) atoms. The van der Waals surface area contributed by atoms with Gasteiger partial charge in [0.2, 0.25) is 5.91 Å². The topological polar surface area (TPSA) is 93.5 Å². The molecule has 1 amide bonds. The minimum absolute atomic E-state index is 0.0111. The third kappa shape index (κ3) is 4.16. The second-order valence-corrected chi connectivity index (χ2v) is 4.65. The Morgan fingerprint density at radius 3 is 2.60 bits per heavy atom. The van der Waals surface area contributed by atoms with Crippen molar-refractivity contribution in [1.29, 1.82) is 0 Å². The summed E-state index contributed by atoms with van der Waals surface area (Å²) in [4.78, 5) is 21.9. The fraction of sp³-hybridized carbons (Fsp3) is 0.333. The van der Waals surface area contributed by atoms with E-state index in [9.17, 15) is 14.9 Å². The number of anilines is 1. The fourth-order valence-corrected chi connectivity index (χ4v) is 1.52. The number of thiocarbonyl (C=S) groups is 1. The number of amides is 1. The van der Waals surface area contributed by atoms with Crippen molar-refractivity contribution in [3.05, 3.63) is 28.3 Å². The molecule has 0 unspecified atom stereocenters. The molecule has 0 spiro atoms. The molecule has 1 rings (SSSR count). The van der Waals surface area contributed by atoms with Gasteiger partial charge >= 0.3 is 0 Å². The highest BCUT2D eigenvalue weighted by atomic mass is 32.1. The lowest BCUT2D eigenvalue weighted by atomic mass is 10.2. The first-order chi connectivity index (χ1) is 9.35. The summed E-state index contributed by atoms with van der Waals surface area (Å²) in [5, 5.41) is 16.1. The molecule has 0 saturated carbocycles. The number of carbonyl (C=O) groups is 1. The van der Waals surface area contributed by atoms with Gasteiger partial charge in [-0.3, -0.25) is 14.9 Å². The lowest BCUT2D eigenvalue weighted by molar-refractivity contribution is -0.384. The minimum Gasteiger partial charge on any atom is -0.496 e. The first kappa shape index (κ1) is 15.8. The number of nitrogens with one attached hydrogen (secondary N) is 2. The number of methoxy groups -OCH3 is 1. The van der Waals surface area contributed by atoms with E-state index in [4.69, 9.17) is 17.0 Å². The number of hydrogen-bond acceptors (Lipinski definition) is 5. The lowest BCUT2D eigenvalue weighted by Gasteiger charge is -2.11. The Balaban J connectivity index is 2.89. The SMILES string of the molecule is COc1ccc(NC(=S)NC(=O)C(C)C)c([N+](=O)[O-])c1. The van der Waals surface area contributed by atoms with E-state index in [-0.39, 0.29) is 28.3 Å². The summed E-state index contributed by atoms with van der Waals surface area (Å²) in [6, 6.07) is 4.29. The van der Waals surface area contributed by atoms with Crippen molar-refractivity contribution in [3.8, 4) is 5.75 Å². The Bertz CT molecular complexity index is 546. The molecular weight excluding hydrogens is 282 g/mol. The van der Waals surface area contributed by atoms with Gasteiger partial charge in [-0.25, -0.2) is 0 Å². The van der Waals surface area contributed by atoms with Gasteiger partial charge in [-0.15, -0.1) is 0 Å². The van der Waals surface area contributed by atoms with Gasteiger partial charge in [0.25, 0.3) is 5.69 Å². The third-order valence-electron chi connectivity index (χ3n) is 2.41. The number of carbonyl (C=O) groups excluding carboxylic acids is 1. The summed E-state index contributed by atoms with van der Waals surface area (Å²) in [5.74, 6) is -0.140. The van der Waals surface area contributed by atoms with Crippen LogP contribution in [0.25, 0.3) is 0 Å². The largest absolute Gasteiger partial charge is 0.496 e. The van der Waals surface area contributed by atoms with E-state index in [0.717, 1.165) is 0 Å². The maximum absolute atomic E-state index is 11.5. The smallest absolute Gasteiger partial charge is 0.296 e. The molecular formula is C12H15N3O4S. The average molecular weight is 297 g/mol. The molecule has 0 heterocycles. The van der Waals surface area contributed by atoms with Gasteiger partial charge in [-0.1, -0.05) is 13.8 Å². The van der Waals surface area contributed by atoms with Crippen molar-refractivity contribution in [2.24, 2.45) is 5.92 Å². The van der Waals surface area contributed by atoms with Gasteiger partial charge in [0.15, 0.2) is 5.11 Å². The number of hydrogen-bond donors (Lipinski definition) is 2. The second-order valence-electron chi connectivity index (χ2n) is 4.24. The first-order valence-corrected chi connectivity index (χ1v) is 6.20. The zero-order valence-corrected chi connectivity index (χ0v) is 12.1. The second kappa shape index (κ2) is 6.80. The van der Waals surface area contributed by atoms with Gasteiger partial charge in [-0.05, 0) is 24.4 Å². The molecule has 2 N–H and O–H groups in total. The predicted molar refractivity (Wildman–Crippen MR) is 78.8 cm³/mol. The Kier molecular flexibility index (Phi) is 5.39. The summed E-state index contributed by atoms with van der Waals surface area (Å²) < 4.78 is 4.93. The van der Waals surface area contributed by atoms with Crippen LogP contribution in [0.3, 0.4) is 0 Å². The predicted octanol–water partition coefficient (Wildman–Crippen LogP) is 2.07. The number of nitrogens with zero attached hydrogens (tertiary/aromatic N) is 1. The molecule has 1 aromatic rings. The van der Waals surface area contributed by atoms with Crippen molar-refractivity contribution in [3.63, 3.8) is 0 Å². The van der Waals surface area contributed by atoms with Crippen molar-refractivity contribution in [2.45, 2.75) is 13.8 Å². The van der Waals surface area contributed by atoms with Gasteiger partial charge < -0.3 is 15.4 Å². The van der Waals surface area contributed by atoms with Gasteiger partial charge in [-0.2, -0.15) is 0 Å². The summed E-state index contributed by atoms with van der Waals surface area (Å²) in [6.07, 6.45) is 0. The third-order valence-corrected chi connectivity index (χ3v) is 2.62. The maximum Gasteiger partial charge on any atom is 0.296 e. The van der Waals surface area contributed by atoms with Crippen molar-refractivity contribution in [2.75, 3.05) is 12.4 Å². The molecule has 0 aliphatic carbocycles. The molecule has 8 heteroatoms. The fourth-order valence-electron chi connectivity index (χ4n) is 1.30. The molecule has 0 aliphatic rings. The van der Waals surface area contributed by atoms with Gasteiger partial charge in [0.05, 0.1) is 18.1 Å². The zero-order valence-electron chi connectivity index (χ0n) is 11.3. The Hall–Kier alpha value is -2.22. The van der Waals surface area contributed by atoms with E-state index in [1.165, 1.54) is 19.2 Å². The maximum atomic E-state index is 11.5. The number of benzene rings is 1. The van der Waals surface area contributed by atoms with E-state index in [2.05, 4.69) is 10.6 Å². The highest BCUT2D eigenvalue weighted by Gasteiger charge is 2.17. The Morgan fingerprint density at radius 2 is 2.10 bits per heavy atom. The highest BCUT2D eigenvalue weighted by molar-refractivity contribution is 7.80. The van der Waals surface area contributed by atoms with Crippen LogP contribution in [0.2, 0.25) is 0 Å². The van der Waals surface area contributed by atoms with E-state index in [1.807, 2.05) is 0 Å². The lowest BCUT2D eigenvalue weighted by Crippen LogP contribution is -2.36. The molecule has 0 atom stereocenters. The van der Waals surface area contributed by atoms with Crippen molar-refractivity contribution < 1.29 is 14.5 Å². The standard InChI is InChI=1S/C12H15N3O4S/c1-7(2)11(16)14-12(20)13-9-5-4-8(19-3)6-10(9)15(17)18/h4-7H,1-3H3,(H2,13,14,16,20). The summed E-state index contributed by atoms with van der Waals surface area (Å²) >= 11 is 4.94. The van der Waals surface area contributed by atoms with Crippen LogP contribution in [-0.4, -0.2) is 23.1 Å². The monoisotopic (exact) mass is 297 g/mol. The average Bonchev–Trinajstić information content (AvgIpc) is 2.38. The Labute approximate surface area is 121 Å². The number of rotatable bonds is 4. The zero-order chi connectivity index (χ0) is 15.3. The minimum atomic E-state index is -0.558. The van der Waals surface area contributed by atoms with E-state index >= 15 is 0 Å². The van der Waals surface area contributed by atoms with Crippen LogP contribution in [0.1, 0.15) is 13.8 Å². The summed E-state index contributed by atoms with van der Waals surface area (Å²) in [5.41, 5.74) is -0.00430. The Morgan fingerprint density at radius 1 is 1.45 bits per heavy atom. The molecule has 0 bridgehead atoms. The van der Waals surface area contributed by atoms with Crippen LogP contribution in [0.4, 0.5) is 11.4 Å². The quantitative estimate of drug-likeness (QED) is 0.502. The normalized spacial score (nSPS) is 10.0. The van der Waals surface area contributed by atoms with E-state index in [0.29, 0.717) is 5.75 Å². The summed E-state index contributed by atoms with van der Waals surface area (Å²) in [7, 11) is 1.42. The van der Waals surface area contributed by atoms with Crippen LogP contribution in [0, 0.1) is 16.0 Å². The first-order valence-electron chi connectivity index (χ1n) is 5.79. The molecule has 108 valence electrons. The molecule has 0 aromatic heterocycles. The van der Waals surface area contributed by atoms with Crippen LogP contribution in [0.15, 0.2) is 18.2 Å². The summed E-state index contributed by atoms with van der Waals surface area (Å²) in [6.45, 7) is 3.43. The molecule has 7 nitrogen and oxygen atoms in total. The van der Waals surface area contributed by atoms with Gasteiger partial charge in [0, 0.05) is 5.92 Å². The van der Waals surface area contributed by atoms with Crippen LogP contribution < -0.4 is 15.4 Å². The molecule has 0 radical (unpaired) electrons. The van der Waals surface area contributed by atoms with Crippen molar-refractivity contribution in [1.82, 2.24) is 5.32 Å². The number of nitro benzene ring substituents is 1. The molecule has 0 fully saturated rings. The highest BCUT2D eigenvalue weighted by Crippen LogP contribution is 2.28.